The number of aryl methyl sites for hydroxylation is 1. The van der Waals surface area contributed by atoms with E-state index in [0.717, 1.165) is 16.0 Å². The number of thiazole rings is 1. The number of aliphatic hydroxyl groups is 1. The Hall–Kier alpha value is -2.23. The summed E-state index contributed by atoms with van der Waals surface area (Å²) in [7, 11) is 0. The van der Waals surface area contributed by atoms with Gasteiger partial charge in [0.2, 0.25) is 0 Å². The van der Waals surface area contributed by atoms with Gasteiger partial charge in [-0.2, -0.15) is 0 Å². The van der Waals surface area contributed by atoms with E-state index in [0.29, 0.717) is 12.1 Å². The van der Waals surface area contributed by atoms with Crippen LogP contribution in [0.4, 0.5) is 4.39 Å². The Bertz CT molecular complexity index is 716. The van der Waals surface area contributed by atoms with Crippen molar-refractivity contribution in [3.8, 4) is 11.8 Å². The van der Waals surface area contributed by atoms with Crippen molar-refractivity contribution in [2.75, 3.05) is 6.61 Å². The van der Waals surface area contributed by atoms with Gasteiger partial charge in [0.1, 0.15) is 12.4 Å². The average Bonchev–Trinajstić information content (AvgIpc) is 2.89. The molecule has 4 nitrogen and oxygen atoms in total. The number of rotatable bonds is 3. The summed E-state index contributed by atoms with van der Waals surface area (Å²) in [5, 5.41) is 12.3. The summed E-state index contributed by atoms with van der Waals surface area (Å²) in [6, 6.07) is 3.78. The topological polar surface area (TPSA) is 62.2 Å². The van der Waals surface area contributed by atoms with Crippen LogP contribution in [0.25, 0.3) is 0 Å². The molecule has 0 fully saturated rings. The van der Waals surface area contributed by atoms with Gasteiger partial charge in [0.25, 0.3) is 5.91 Å². The molecule has 0 aliphatic heterocycles. The smallest absolute Gasteiger partial charge is 0.252 e. The van der Waals surface area contributed by atoms with Crippen LogP contribution in [-0.4, -0.2) is 22.6 Å². The van der Waals surface area contributed by atoms with E-state index in [1.807, 2.05) is 6.92 Å². The molecule has 0 aliphatic carbocycles. The molecule has 1 aromatic heterocycles. The Balaban J connectivity index is 2.15. The Morgan fingerprint density at radius 1 is 1.52 bits per heavy atom. The fourth-order valence-electron chi connectivity index (χ4n) is 1.70. The fourth-order valence-corrected chi connectivity index (χ4v) is 2.43. The van der Waals surface area contributed by atoms with Crippen molar-refractivity contribution in [3.63, 3.8) is 0 Å². The summed E-state index contributed by atoms with van der Waals surface area (Å²) in [6.45, 7) is 1.89. The number of carbonyl (C=O) groups is 1. The van der Waals surface area contributed by atoms with Crippen LogP contribution < -0.4 is 5.32 Å². The van der Waals surface area contributed by atoms with Crippen LogP contribution in [0, 0.1) is 24.6 Å². The van der Waals surface area contributed by atoms with Gasteiger partial charge in [-0.3, -0.25) is 4.79 Å². The number of carbonyl (C=O) groups excluding carboxylic acids is 1. The van der Waals surface area contributed by atoms with E-state index in [1.54, 1.807) is 6.20 Å². The minimum absolute atomic E-state index is 0.150. The van der Waals surface area contributed by atoms with Crippen molar-refractivity contribution in [2.45, 2.75) is 13.5 Å². The molecule has 1 amide bonds. The van der Waals surface area contributed by atoms with Crippen LogP contribution in [0.2, 0.25) is 0 Å². The van der Waals surface area contributed by atoms with Crippen LogP contribution >= 0.6 is 11.3 Å². The molecule has 0 saturated heterocycles. The maximum Gasteiger partial charge on any atom is 0.252 e. The van der Waals surface area contributed by atoms with Crippen molar-refractivity contribution >= 4 is 17.2 Å². The minimum atomic E-state index is -0.511. The highest BCUT2D eigenvalue weighted by Crippen LogP contribution is 2.13. The Morgan fingerprint density at radius 3 is 3.00 bits per heavy atom. The van der Waals surface area contributed by atoms with Crippen molar-refractivity contribution in [3.05, 3.63) is 51.2 Å². The lowest BCUT2D eigenvalue weighted by atomic mass is 10.1. The summed E-state index contributed by atoms with van der Waals surface area (Å²) in [5.74, 6) is 4.16. The number of amides is 1. The molecule has 0 aliphatic rings. The first-order valence-electron chi connectivity index (χ1n) is 6.19. The lowest BCUT2D eigenvalue weighted by molar-refractivity contribution is 0.0950. The highest BCUT2D eigenvalue weighted by molar-refractivity contribution is 7.11. The quantitative estimate of drug-likeness (QED) is 0.851. The first-order chi connectivity index (χ1) is 10.1. The highest BCUT2D eigenvalue weighted by atomic mass is 32.1. The van der Waals surface area contributed by atoms with Gasteiger partial charge in [0, 0.05) is 16.6 Å². The maximum atomic E-state index is 13.3. The molecule has 2 rings (SSSR count). The van der Waals surface area contributed by atoms with Crippen molar-refractivity contribution in [1.82, 2.24) is 10.3 Å². The monoisotopic (exact) mass is 304 g/mol. The Labute approximate surface area is 125 Å². The third kappa shape index (κ3) is 4.12. The molecule has 108 valence electrons. The summed E-state index contributed by atoms with van der Waals surface area (Å²) < 4.78 is 13.3. The molecule has 1 aromatic carbocycles. The van der Waals surface area contributed by atoms with Crippen molar-refractivity contribution in [1.29, 1.82) is 0 Å². The third-order valence-corrected chi connectivity index (χ3v) is 3.53. The van der Waals surface area contributed by atoms with Crippen LogP contribution in [0.3, 0.4) is 0 Å². The molecule has 0 unspecified atom stereocenters. The lowest BCUT2D eigenvalue weighted by Crippen LogP contribution is -2.23. The number of benzene rings is 1. The predicted molar refractivity (Wildman–Crippen MR) is 78.4 cm³/mol. The normalized spacial score (nSPS) is 9.86. The van der Waals surface area contributed by atoms with Crippen LogP contribution in [0.15, 0.2) is 24.4 Å². The van der Waals surface area contributed by atoms with Gasteiger partial charge in [-0.05, 0) is 25.1 Å². The van der Waals surface area contributed by atoms with E-state index >= 15 is 0 Å². The second-order valence-electron chi connectivity index (χ2n) is 4.18. The van der Waals surface area contributed by atoms with E-state index in [1.165, 1.54) is 23.5 Å². The molecular weight excluding hydrogens is 291 g/mol. The second kappa shape index (κ2) is 6.97. The van der Waals surface area contributed by atoms with Crippen molar-refractivity contribution in [2.24, 2.45) is 0 Å². The van der Waals surface area contributed by atoms with E-state index < -0.39 is 11.7 Å². The number of nitrogens with zero attached hydrogens (tertiary/aromatic N) is 1. The molecule has 1 heterocycles. The average molecular weight is 304 g/mol. The molecule has 0 radical (unpaired) electrons. The molecule has 2 aromatic rings. The number of aliphatic hydroxyl groups excluding tert-OH is 1. The zero-order valence-corrected chi connectivity index (χ0v) is 12.1. The standard InChI is InChI=1S/C15H13FN2O2S/c1-10-17-8-13(21-10)9-18-15(20)14-7-12(16)5-4-11(14)3-2-6-19/h4-5,7-8,19H,6,9H2,1H3,(H,18,20). The number of aromatic nitrogens is 1. The number of hydrogen-bond acceptors (Lipinski definition) is 4. The van der Waals surface area contributed by atoms with Gasteiger partial charge in [-0.25, -0.2) is 9.37 Å². The molecule has 6 heteroatoms. The minimum Gasteiger partial charge on any atom is -0.384 e. The summed E-state index contributed by atoms with van der Waals surface area (Å²) in [5.41, 5.74) is 0.528. The Kier molecular flexibility index (Phi) is 5.04. The van der Waals surface area contributed by atoms with E-state index in [2.05, 4.69) is 22.1 Å². The summed E-state index contributed by atoms with van der Waals surface area (Å²) in [4.78, 5) is 17.2. The van der Waals surface area contributed by atoms with E-state index in [-0.39, 0.29) is 12.2 Å². The summed E-state index contributed by atoms with van der Waals surface area (Å²) >= 11 is 1.49. The van der Waals surface area contributed by atoms with Gasteiger partial charge in [-0.15, -0.1) is 11.3 Å². The second-order valence-corrected chi connectivity index (χ2v) is 5.50. The molecule has 2 N–H and O–H groups in total. The molecule has 0 spiro atoms. The fraction of sp³-hybridized carbons (Fsp3) is 0.200. The number of halogens is 1. The first kappa shape index (κ1) is 15.2. The maximum absolute atomic E-state index is 13.3. The van der Waals surface area contributed by atoms with Gasteiger partial charge in [0.05, 0.1) is 17.1 Å². The largest absolute Gasteiger partial charge is 0.384 e. The molecule has 0 atom stereocenters. The van der Waals surface area contributed by atoms with E-state index in [4.69, 9.17) is 5.11 Å². The Morgan fingerprint density at radius 2 is 2.33 bits per heavy atom. The molecule has 0 saturated carbocycles. The van der Waals surface area contributed by atoms with Gasteiger partial charge in [0.15, 0.2) is 0 Å². The molecule has 0 bridgehead atoms. The molecular formula is C15H13FN2O2S. The predicted octanol–water partition coefficient (Wildman–Crippen LogP) is 1.86. The van der Waals surface area contributed by atoms with Crippen LogP contribution in [-0.2, 0) is 6.54 Å². The van der Waals surface area contributed by atoms with Crippen LogP contribution in [0.5, 0.6) is 0 Å². The zero-order valence-electron chi connectivity index (χ0n) is 11.3. The number of hydrogen-bond donors (Lipinski definition) is 2. The molecule has 21 heavy (non-hydrogen) atoms. The third-order valence-electron chi connectivity index (χ3n) is 2.62. The SMILES string of the molecule is Cc1ncc(CNC(=O)c2cc(F)ccc2C#CCO)s1. The van der Waals surface area contributed by atoms with Crippen LogP contribution in [0.1, 0.15) is 25.8 Å². The van der Waals surface area contributed by atoms with Gasteiger partial charge in [-0.1, -0.05) is 11.8 Å². The first-order valence-corrected chi connectivity index (χ1v) is 7.00. The van der Waals surface area contributed by atoms with E-state index in [9.17, 15) is 9.18 Å². The zero-order chi connectivity index (χ0) is 15.2. The van der Waals surface area contributed by atoms with Gasteiger partial charge >= 0.3 is 0 Å². The highest BCUT2D eigenvalue weighted by Gasteiger charge is 2.12. The van der Waals surface area contributed by atoms with Gasteiger partial charge < -0.3 is 10.4 Å². The number of nitrogens with one attached hydrogen (secondary N) is 1. The lowest BCUT2D eigenvalue weighted by Gasteiger charge is -2.06. The van der Waals surface area contributed by atoms with Crippen molar-refractivity contribution < 1.29 is 14.3 Å². The summed E-state index contributed by atoms with van der Waals surface area (Å²) in [6.07, 6.45) is 1.69.